The van der Waals surface area contributed by atoms with Gasteiger partial charge in [0.15, 0.2) is 0 Å². The van der Waals surface area contributed by atoms with Gasteiger partial charge in [0.1, 0.15) is 33.7 Å². The zero-order chi connectivity index (χ0) is 20.0. The van der Waals surface area contributed by atoms with Gasteiger partial charge in [0, 0.05) is 17.2 Å². The highest BCUT2D eigenvalue weighted by molar-refractivity contribution is 9.10. The summed E-state index contributed by atoms with van der Waals surface area (Å²) in [5, 5.41) is 0. The Morgan fingerprint density at radius 1 is 1.04 bits per heavy atom. The fourth-order valence-electron chi connectivity index (χ4n) is 2.27. The van der Waals surface area contributed by atoms with Crippen molar-refractivity contribution in [3.05, 3.63) is 40.5 Å². The highest BCUT2D eigenvalue weighted by Gasteiger charge is 2.34. The first-order valence-corrected chi connectivity index (χ1v) is 9.11. The van der Waals surface area contributed by atoms with Gasteiger partial charge in [-0.05, 0) is 27.7 Å². The Hall–Kier alpha value is -1.82. The average Bonchev–Trinajstić information content (AvgIpc) is 2.90. The molecule has 3 aromatic heterocycles. The van der Waals surface area contributed by atoms with E-state index in [1.54, 1.807) is 6.92 Å². The monoisotopic (exact) mass is 470 g/mol. The van der Waals surface area contributed by atoms with E-state index in [4.69, 9.17) is 0 Å². The first kappa shape index (κ1) is 19.9. The first-order valence-electron chi connectivity index (χ1n) is 7.33. The van der Waals surface area contributed by atoms with Gasteiger partial charge in [0.2, 0.25) is 0 Å². The maximum atomic E-state index is 13.0. The number of hydrogen-bond acceptors (Lipinski definition) is 4. The van der Waals surface area contributed by atoms with Gasteiger partial charge in [-0.15, -0.1) is 11.8 Å². The molecule has 0 aliphatic heterocycles. The van der Waals surface area contributed by atoms with Crippen molar-refractivity contribution in [1.29, 1.82) is 0 Å². The number of pyridine rings is 1. The van der Waals surface area contributed by atoms with Gasteiger partial charge < -0.3 is 0 Å². The van der Waals surface area contributed by atoms with Crippen molar-refractivity contribution >= 4 is 33.3 Å². The second-order valence-electron chi connectivity index (χ2n) is 5.25. The fraction of sp³-hybridized carbons (Fsp3) is 0.267. The number of fused-ring (bicyclic) bond motifs is 1. The lowest BCUT2D eigenvalue weighted by atomic mass is 10.2. The molecule has 12 heteroatoms. The third-order valence-electron chi connectivity index (χ3n) is 3.45. The zero-order valence-electron chi connectivity index (χ0n) is 13.4. The molecule has 0 fully saturated rings. The summed E-state index contributed by atoms with van der Waals surface area (Å²) in [6, 6.07) is 1.71. The summed E-state index contributed by atoms with van der Waals surface area (Å²) in [5.74, 6) is 0.473. The Labute approximate surface area is 161 Å². The molecule has 0 aliphatic rings. The molecule has 0 radical (unpaired) electrons. The van der Waals surface area contributed by atoms with Crippen molar-refractivity contribution in [3.63, 3.8) is 0 Å². The molecule has 0 amide bonds. The van der Waals surface area contributed by atoms with Crippen molar-refractivity contribution in [2.24, 2.45) is 0 Å². The Bertz CT molecular complexity index is 998. The molecule has 3 aromatic rings. The van der Waals surface area contributed by atoms with Gasteiger partial charge in [-0.2, -0.15) is 26.3 Å². The van der Waals surface area contributed by atoms with Gasteiger partial charge in [0.05, 0.1) is 5.56 Å². The van der Waals surface area contributed by atoms with E-state index in [1.807, 2.05) is 0 Å². The Kier molecular flexibility index (Phi) is 5.14. The molecular formula is C15H9BrF6N4S. The molecule has 0 saturated carbocycles. The molecule has 0 unspecified atom stereocenters. The van der Waals surface area contributed by atoms with Crippen molar-refractivity contribution in [2.75, 3.05) is 5.75 Å². The molecule has 3 heterocycles. The smallest absolute Gasteiger partial charge is 0.276 e. The van der Waals surface area contributed by atoms with E-state index < -0.39 is 23.6 Å². The molecule has 3 rings (SSSR count). The Morgan fingerprint density at radius 3 is 2.33 bits per heavy atom. The van der Waals surface area contributed by atoms with Crippen LogP contribution in [0.4, 0.5) is 26.3 Å². The van der Waals surface area contributed by atoms with Crippen LogP contribution in [0.5, 0.6) is 0 Å². The predicted molar refractivity (Wildman–Crippen MR) is 90.3 cm³/mol. The summed E-state index contributed by atoms with van der Waals surface area (Å²) in [4.78, 5) is 11.5. The summed E-state index contributed by atoms with van der Waals surface area (Å²) in [6.45, 7) is 1.76. The van der Waals surface area contributed by atoms with Crippen LogP contribution in [0.15, 0.2) is 34.2 Å². The number of nitrogens with zero attached hydrogens (tertiary/aromatic N) is 4. The van der Waals surface area contributed by atoms with Crippen molar-refractivity contribution in [2.45, 2.75) is 24.2 Å². The van der Waals surface area contributed by atoms with Crippen LogP contribution in [-0.4, -0.2) is 25.1 Å². The van der Waals surface area contributed by atoms with Crippen molar-refractivity contribution < 1.29 is 26.3 Å². The lowest BCUT2D eigenvalue weighted by Crippen LogP contribution is -2.08. The molecule has 0 N–H and O–H groups in total. The molecule has 0 aliphatic carbocycles. The van der Waals surface area contributed by atoms with Crippen LogP contribution in [0.1, 0.15) is 18.2 Å². The van der Waals surface area contributed by atoms with Gasteiger partial charge >= 0.3 is 12.4 Å². The molecule has 144 valence electrons. The summed E-state index contributed by atoms with van der Waals surface area (Å²) in [7, 11) is 0. The molecule has 0 bridgehead atoms. The molecule has 4 nitrogen and oxygen atoms in total. The SMILES string of the molecule is CCSc1cc(C(F)(F)F)cnc1-c1nc2cc(C(F)(F)F)ncn2c1Br. The quantitative estimate of drug-likeness (QED) is 0.363. The third-order valence-corrected chi connectivity index (χ3v) is 5.12. The zero-order valence-corrected chi connectivity index (χ0v) is 15.8. The predicted octanol–water partition coefficient (Wildman–Crippen LogP) is 5.70. The first-order chi connectivity index (χ1) is 12.5. The van der Waals surface area contributed by atoms with E-state index >= 15 is 0 Å². The van der Waals surface area contributed by atoms with Crippen LogP contribution in [0.3, 0.4) is 0 Å². The summed E-state index contributed by atoms with van der Waals surface area (Å²) < 4.78 is 78.9. The summed E-state index contributed by atoms with van der Waals surface area (Å²) >= 11 is 4.34. The fourth-order valence-corrected chi connectivity index (χ4v) is 3.63. The average molecular weight is 471 g/mol. The van der Waals surface area contributed by atoms with Gasteiger partial charge in [0.25, 0.3) is 0 Å². The van der Waals surface area contributed by atoms with Crippen LogP contribution in [0, 0.1) is 0 Å². The number of aromatic nitrogens is 4. The number of thioether (sulfide) groups is 1. The number of rotatable bonds is 3. The van der Waals surface area contributed by atoms with E-state index in [2.05, 4.69) is 30.9 Å². The third kappa shape index (κ3) is 3.91. The normalized spacial score (nSPS) is 12.7. The van der Waals surface area contributed by atoms with Gasteiger partial charge in [-0.3, -0.25) is 9.38 Å². The summed E-state index contributed by atoms with van der Waals surface area (Å²) in [5.41, 5.74) is -1.83. The van der Waals surface area contributed by atoms with Crippen LogP contribution in [0.2, 0.25) is 0 Å². The van der Waals surface area contributed by atoms with Crippen LogP contribution < -0.4 is 0 Å². The van der Waals surface area contributed by atoms with Gasteiger partial charge in [-0.25, -0.2) is 9.97 Å². The van der Waals surface area contributed by atoms with Crippen molar-refractivity contribution in [3.8, 4) is 11.4 Å². The molecule has 0 spiro atoms. The number of alkyl halides is 6. The minimum Gasteiger partial charge on any atom is -0.276 e. The van der Waals surface area contributed by atoms with Crippen LogP contribution in [0.25, 0.3) is 17.0 Å². The molecule has 27 heavy (non-hydrogen) atoms. The lowest BCUT2D eigenvalue weighted by molar-refractivity contribution is -0.141. The molecular weight excluding hydrogens is 462 g/mol. The van der Waals surface area contributed by atoms with Crippen LogP contribution in [-0.2, 0) is 12.4 Å². The van der Waals surface area contributed by atoms with E-state index in [-0.39, 0.29) is 26.5 Å². The standard InChI is InChI=1S/C15H9BrF6N4S/c1-2-27-8-3-7(14(17,18)19)5-23-11(8)12-13(16)26-6-24-9(15(20,21)22)4-10(26)25-12/h3-6H,2H2,1H3. The van der Waals surface area contributed by atoms with Crippen molar-refractivity contribution in [1.82, 2.24) is 19.4 Å². The molecule has 0 atom stereocenters. The van der Waals surface area contributed by atoms with E-state index in [0.29, 0.717) is 11.9 Å². The molecule has 0 saturated heterocycles. The minimum absolute atomic E-state index is 0.0617. The highest BCUT2D eigenvalue weighted by atomic mass is 79.9. The van der Waals surface area contributed by atoms with E-state index in [9.17, 15) is 26.3 Å². The Morgan fingerprint density at radius 2 is 1.74 bits per heavy atom. The largest absolute Gasteiger partial charge is 0.433 e. The maximum absolute atomic E-state index is 13.0. The van der Waals surface area contributed by atoms with E-state index in [0.717, 1.165) is 30.2 Å². The number of imidazole rings is 1. The number of hydrogen-bond donors (Lipinski definition) is 0. The number of halogens is 7. The second kappa shape index (κ2) is 6.97. The maximum Gasteiger partial charge on any atom is 0.433 e. The minimum atomic E-state index is -4.64. The second-order valence-corrected chi connectivity index (χ2v) is 7.31. The van der Waals surface area contributed by atoms with Gasteiger partial charge in [-0.1, -0.05) is 6.92 Å². The highest BCUT2D eigenvalue weighted by Crippen LogP contribution is 2.38. The topological polar surface area (TPSA) is 43.1 Å². The summed E-state index contributed by atoms with van der Waals surface area (Å²) in [6.07, 6.45) is -7.59. The Balaban J connectivity index is 2.18. The van der Waals surface area contributed by atoms with Crippen LogP contribution >= 0.6 is 27.7 Å². The van der Waals surface area contributed by atoms with E-state index in [1.165, 1.54) is 4.40 Å². The molecule has 0 aromatic carbocycles. The lowest BCUT2D eigenvalue weighted by Gasteiger charge is -2.11.